The lowest BCUT2D eigenvalue weighted by Gasteiger charge is -2.35. The molecule has 33 heavy (non-hydrogen) atoms. The molecule has 0 amide bonds. The first-order valence-electron chi connectivity index (χ1n) is 11.1. The Morgan fingerprint density at radius 1 is 1.09 bits per heavy atom. The van der Waals surface area contributed by atoms with Crippen LogP contribution in [-0.2, 0) is 11.8 Å². The summed E-state index contributed by atoms with van der Waals surface area (Å²) in [6.45, 7) is 5.03. The van der Waals surface area contributed by atoms with Crippen LogP contribution in [0.3, 0.4) is 0 Å². The van der Waals surface area contributed by atoms with Crippen LogP contribution >= 0.6 is 0 Å². The Kier molecular flexibility index (Phi) is 6.09. The Balaban J connectivity index is 1.72. The highest BCUT2D eigenvalue weighted by Crippen LogP contribution is 2.39. The summed E-state index contributed by atoms with van der Waals surface area (Å²) in [6.07, 6.45) is -2.86. The van der Waals surface area contributed by atoms with E-state index in [4.69, 9.17) is 0 Å². The molecule has 1 atom stereocenters. The summed E-state index contributed by atoms with van der Waals surface area (Å²) in [5.74, 6) is 1.04. The molecule has 0 aliphatic heterocycles. The molecule has 1 heterocycles. The SMILES string of the molecule is Cc1nc(N[C@H](C)c2cccc(C(F)(F)F)c2C)c2cc([C@]3(O)CC[C@@H](O)CC3)ccc2n1. The summed E-state index contributed by atoms with van der Waals surface area (Å²) in [5, 5.41) is 25.0. The number of anilines is 1. The van der Waals surface area contributed by atoms with E-state index in [-0.39, 0.29) is 5.56 Å². The molecule has 0 spiro atoms. The second kappa shape index (κ2) is 8.57. The van der Waals surface area contributed by atoms with Crippen LogP contribution in [0.25, 0.3) is 10.9 Å². The van der Waals surface area contributed by atoms with Crippen molar-refractivity contribution in [2.45, 2.75) is 70.4 Å². The maximum Gasteiger partial charge on any atom is 0.416 e. The predicted octanol–water partition coefficient (Wildman–Crippen LogP) is 5.56. The van der Waals surface area contributed by atoms with Crippen LogP contribution < -0.4 is 5.32 Å². The van der Waals surface area contributed by atoms with Crippen LogP contribution in [0.1, 0.15) is 66.7 Å². The highest BCUT2D eigenvalue weighted by molar-refractivity contribution is 5.90. The van der Waals surface area contributed by atoms with Gasteiger partial charge in [0, 0.05) is 5.39 Å². The molecule has 1 saturated carbocycles. The van der Waals surface area contributed by atoms with Crippen molar-refractivity contribution < 1.29 is 23.4 Å². The van der Waals surface area contributed by atoms with Crippen molar-refractivity contribution in [2.75, 3.05) is 5.32 Å². The van der Waals surface area contributed by atoms with Gasteiger partial charge in [-0.1, -0.05) is 18.2 Å². The number of benzene rings is 2. The average Bonchev–Trinajstić information content (AvgIpc) is 2.75. The summed E-state index contributed by atoms with van der Waals surface area (Å²) >= 11 is 0. The van der Waals surface area contributed by atoms with E-state index in [0.717, 1.165) is 11.6 Å². The van der Waals surface area contributed by atoms with Gasteiger partial charge in [-0.05, 0) is 81.3 Å². The van der Waals surface area contributed by atoms with Gasteiger partial charge in [0.1, 0.15) is 11.6 Å². The lowest BCUT2D eigenvalue weighted by molar-refractivity contribution is -0.138. The molecule has 8 heteroatoms. The van der Waals surface area contributed by atoms with E-state index in [1.54, 1.807) is 19.9 Å². The van der Waals surface area contributed by atoms with Crippen molar-refractivity contribution in [3.05, 3.63) is 64.5 Å². The van der Waals surface area contributed by atoms with Crippen LogP contribution in [0.2, 0.25) is 0 Å². The molecule has 4 rings (SSSR count). The van der Waals surface area contributed by atoms with Crippen LogP contribution in [0, 0.1) is 13.8 Å². The minimum absolute atomic E-state index is 0.177. The first-order chi connectivity index (χ1) is 15.5. The lowest BCUT2D eigenvalue weighted by atomic mass is 9.78. The molecule has 176 valence electrons. The standard InChI is InChI=1S/C25H28F3N3O2/c1-14-19(5-4-6-21(14)25(26,27)28)15(2)29-23-20-13-17(7-8-22(20)30-16(3)31-23)24(33)11-9-18(32)10-12-24/h4-8,13,15,18,32-33H,9-12H2,1-3H3,(H,29,30,31)/t15-,18-,24+/m1/s1. The third-order valence-electron chi connectivity index (χ3n) is 6.63. The Morgan fingerprint density at radius 3 is 2.45 bits per heavy atom. The zero-order valence-corrected chi connectivity index (χ0v) is 18.9. The van der Waals surface area contributed by atoms with Crippen molar-refractivity contribution in [1.82, 2.24) is 9.97 Å². The van der Waals surface area contributed by atoms with Crippen LogP contribution in [-0.4, -0.2) is 26.3 Å². The molecule has 0 saturated heterocycles. The number of halogens is 3. The predicted molar refractivity (Wildman–Crippen MR) is 121 cm³/mol. The molecule has 5 nitrogen and oxygen atoms in total. The second-order valence-electron chi connectivity index (χ2n) is 9.00. The van der Waals surface area contributed by atoms with Gasteiger partial charge >= 0.3 is 6.18 Å². The lowest BCUT2D eigenvalue weighted by Crippen LogP contribution is -2.33. The molecular weight excluding hydrogens is 431 g/mol. The topological polar surface area (TPSA) is 78.3 Å². The molecule has 1 aromatic heterocycles. The highest BCUT2D eigenvalue weighted by atomic mass is 19.4. The largest absolute Gasteiger partial charge is 0.416 e. The van der Waals surface area contributed by atoms with E-state index in [1.807, 2.05) is 18.2 Å². The molecular formula is C25H28F3N3O2. The van der Waals surface area contributed by atoms with Gasteiger partial charge in [0.25, 0.3) is 0 Å². The Labute approximate surface area is 190 Å². The third-order valence-corrected chi connectivity index (χ3v) is 6.63. The van der Waals surface area contributed by atoms with Crippen LogP contribution in [0.15, 0.2) is 36.4 Å². The molecule has 0 bridgehead atoms. The number of fused-ring (bicyclic) bond motifs is 1. The number of aromatic nitrogens is 2. The molecule has 3 N–H and O–H groups in total. The first kappa shape index (κ1) is 23.4. The number of nitrogens with one attached hydrogen (secondary N) is 1. The number of aliphatic hydroxyl groups is 2. The van der Waals surface area contributed by atoms with E-state index in [9.17, 15) is 23.4 Å². The van der Waals surface area contributed by atoms with Gasteiger partial charge in [0.15, 0.2) is 0 Å². The maximum absolute atomic E-state index is 13.4. The van der Waals surface area contributed by atoms with E-state index in [0.29, 0.717) is 53.8 Å². The van der Waals surface area contributed by atoms with Gasteiger partial charge in [0.05, 0.1) is 28.8 Å². The number of nitrogens with zero attached hydrogens (tertiary/aromatic N) is 2. The molecule has 1 fully saturated rings. The van der Waals surface area contributed by atoms with Gasteiger partial charge in [-0.2, -0.15) is 13.2 Å². The smallest absolute Gasteiger partial charge is 0.393 e. The maximum atomic E-state index is 13.4. The minimum Gasteiger partial charge on any atom is -0.393 e. The third kappa shape index (κ3) is 4.68. The number of alkyl halides is 3. The zero-order chi connectivity index (χ0) is 24.0. The summed E-state index contributed by atoms with van der Waals surface area (Å²) in [5.41, 5.74) is 0.419. The Hall–Kier alpha value is -2.71. The number of aliphatic hydroxyl groups excluding tert-OH is 1. The van der Waals surface area contributed by atoms with Crippen LogP contribution in [0.4, 0.5) is 19.0 Å². The number of hydrogen-bond acceptors (Lipinski definition) is 5. The Morgan fingerprint density at radius 2 is 1.79 bits per heavy atom. The van der Waals surface area contributed by atoms with E-state index >= 15 is 0 Å². The molecule has 0 radical (unpaired) electrons. The molecule has 2 aromatic carbocycles. The fourth-order valence-corrected chi connectivity index (χ4v) is 4.73. The number of aryl methyl sites for hydroxylation is 1. The normalized spacial score (nSPS) is 22.4. The van der Waals surface area contributed by atoms with E-state index in [2.05, 4.69) is 15.3 Å². The molecule has 3 aromatic rings. The number of rotatable bonds is 4. The summed E-state index contributed by atoms with van der Waals surface area (Å²) in [4.78, 5) is 9.00. The summed E-state index contributed by atoms with van der Waals surface area (Å²) < 4.78 is 40.1. The minimum atomic E-state index is -4.42. The second-order valence-corrected chi connectivity index (χ2v) is 9.00. The zero-order valence-electron chi connectivity index (χ0n) is 18.9. The fraction of sp³-hybridized carbons (Fsp3) is 0.440. The van der Waals surface area contributed by atoms with Crippen molar-refractivity contribution in [2.24, 2.45) is 0 Å². The summed E-state index contributed by atoms with van der Waals surface area (Å²) in [7, 11) is 0. The van der Waals surface area contributed by atoms with E-state index in [1.165, 1.54) is 13.0 Å². The molecule has 0 unspecified atom stereocenters. The van der Waals surface area contributed by atoms with Gasteiger partial charge in [-0.15, -0.1) is 0 Å². The molecule has 1 aliphatic rings. The van der Waals surface area contributed by atoms with Crippen molar-refractivity contribution in [1.29, 1.82) is 0 Å². The average molecular weight is 460 g/mol. The quantitative estimate of drug-likeness (QED) is 0.476. The summed E-state index contributed by atoms with van der Waals surface area (Å²) in [6, 6.07) is 9.26. The van der Waals surface area contributed by atoms with Gasteiger partial charge < -0.3 is 15.5 Å². The Bertz CT molecular complexity index is 1170. The van der Waals surface area contributed by atoms with E-state index < -0.39 is 29.5 Å². The van der Waals surface area contributed by atoms with Gasteiger partial charge in [0.2, 0.25) is 0 Å². The fourth-order valence-electron chi connectivity index (χ4n) is 4.73. The van der Waals surface area contributed by atoms with Crippen molar-refractivity contribution >= 4 is 16.7 Å². The van der Waals surface area contributed by atoms with Crippen LogP contribution in [0.5, 0.6) is 0 Å². The van der Waals surface area contributed by atoms with Crippen molar-refractivity contribution in [3.63, 3.8) is 0 Å². The highest BCUT2D eigenvalue weighted by Gasteiger charge is 2.35. The monoisotopic (exact) mass is 459 g/mol. The number of hydrogen-bond donors (Lipinski definition) is 3. The molecule has 1 aliphatic carbocycles. The van der Waals surface area contributed by atoms with Gasteiger partial charge in [-0.25, -0.2) is 9.97 Å². The van der Waals surface area contributed by atoms with Gasteiger partial charge in [-0.3, -0.25) is 0 Å². The first-order valence-corrected chi connectivity index (χ1v) is 11.1. The van der Waals surface area contributed by atoms with Crippen molar-refractivity contribution in [3.8, 4) is 0 Å².